The van der Waals surface area contributed by atoms with Crippen molar-refractivity contribution in [1.29, 1.82) is 0 Å². The van der Waals surface area contributed by atoms with Crippen molar-refractivity contribution < 1.29 is 14.7 Å². The van der Waals surface area contributed by atoms with Crippen molar-refractivity contribution in [2.75, 3.05) is 7.05 Å². The van der Waals surface area contributed by atoms with Crippen LogP contribution in [0.1, 0.15) is 10.5 Å². The topological polar surface area (TPSA) is 115 Å². The predicted octanol–water partition coefficient (Wildman–Crippen LogP) is -0.877. The minimum atomic E-state index is -1.21. The summed E-state index contributed by atoms with van der Waals surface area (Å²) in [6, 6.07) is 0. The van der Waals surface area contributed by atoms with Crippen LogP contribution in [0.25, 0.3) is 11.4 Å². The molecule has 0 radical (unpaired) electrons. The highest BCUT2D eigenvalue weighted by Gasteiger charge is 2.23. The van der Waals surface area contributed by atoms with E-state index in [0.29, 0.717) is 5.69 Å². The molecule has 0 saturated carbocycles. The van der Waals surface area contributed by atoms with E-state index in [1.165, 1.54) is 24.3 Å². The maximum atomic E-state index is 11.4. The number of imidazole rings is 1. The van der Waals surface area contributed by atoms with Gasteiger partial charge in [0.25, 0.3) is 0 Å². The monoisotopic (exact) mass is 264 g/mol. The standard InChI is InChI=1S/C10H12N6O3/c1-11-7(17)4-16-9(6-3-12-5-15(6)2)8(10(18)19)13-14-16/h3,5H,4H2,1-2H3,(H,11,17)(H,18,19). The van der Waals surface area contributed by atoms with Gasteiger partial charge < -0.3 is 15.0 Å². The molecule has 0 saturated heterocycles. The smallest absolute Gasteiger partial charge is 0.358 e. The molecule has 2 aromatic rings. The number of aryl methyl sites for hydroxylation is 1. The van der Waals surface area contributed by atoms with Gasteiger partial charge in [-0.3, -0.25) is 4.79 Å². The first-order valence-electron chi connectivity index (χ1n) is 5.38. The molecule has 0 atom stereocenters. The Balaban J connectivity index is 2.54. The first kappa shape index (κ1) is 12.7. The van der Waals surface area contributed by atoms with Gasteiger partial charge in [0.2, 0.25) is 5.91 Å². The van der Waals surface area contributed by atoms with Gasteiger partial charge in [0.1, 0.15) is 12.2 Å². The van der Waals surface area contributed by atoms with E-state index in [9.17, 15) is 9.59 Å². The molecule has 2 N–H and O–H groups in total. The Kier molecular flexibility index (Phi) is 3.27. The van der Waals surface area contributed by atoms with E-state index >= 15 is 0 Å². The third kappa shape index (κ3) is 2.30. The van der Waals surface area contributed by atoms with Crippen LogP contribution in [0.4, 0.5) is 0 Å². The molecule has 2 aromatic heterocycles. The molecule has 0 unspecified atom stereocenters. The molecular weight excluding hydrogens is 252 g/mol. The lowest BCUT2D eigenvalue weighted by Gasteiger charge is -2.06. The summed E-state index contributed by atoms with van der Waals surface area (Å²) in [6.07, 6.45) is 3.02. The highest BCUT2D eigenvalue weighted by molar-refractivity contribution is 5.92. The first-order chi connectivity index (χ1) is 9.04. The third-order valence-corrected chi connectivity index (χ3v) is 2.57. The molecular formula is C10H12N6O3. The average Bonchev–Trinajstić information content (AvgIpc) is 2.95. The van der Waals surface area contributed by atoms with Crippen LogP contribution in [0.2, 0.25) is 0 Å². The lowest BCUT2D eigenvalue weighted by Crippen LogP contribution is -2.24. The molecule has 0 aliphatic heterocycles. The quantitative estimate of drug-likeness (QED) is 0.741. The second-order valence-electron chi connectivity index (χ2n) is 3.81. The number of carbonyl (C=O) groups excluding carboxylic acids is 1. The van der Waals surface area contributed by atoms with Gasteiger partial charge in [0.05, 0.1) is 18.2 Å². The molecule has 2 heterocycles. The summed E-state index contributed by atoms with van der Waals surface area (Å²) in [5.74, 6) is -1.51. The summed E-state index contributed by atoms with van der Waals surface area (Å²) in [6.45, 7) is -0.114. The average molecular weight is 264 g/mol. The van der Waals surface area contributed by atoms with E-state index in [-0.39, 0.29) is 23.8 Å². The molecule has 100 valence electrons. The van der Waals surface area contributed by atoms with Crippen molar-refractivity contribution in [2.24, 2.45) is 7.05 Å². The highest BCUT2D eigenvalue weighted by atomic mass is 16.4. The fourth-order valence-electron chi connectivity index (χ4n) is 1.62. The summed E-state index contributed by atoms with van der Waals surface area (Å²) in [4.78, 5) is 26.5. The van der Waals surface area contributed by atoms with Crippen molar-refractivity contribution in [3.05, 3.63) is 18.2 Å². The van der Waals surface area contributed by atoms with Crippen molar-refractivity contribution in [2.45, 2.75) is 6.54 Å². The number of likely N-dealkylation sites (N-methyl/N-ethyl adjacent to an activating group) is 1. The second-order valence-corrected chi connectivity index (χ2v) is 3.81. The van der Waals surface area contributed by atoms with Crippen LogP contribution in [0.3, 0.4) is 0 Å². The number of nitrogens with one attached hydrogen (secondary N) is 1. The molecule has 0 fully saturated rings. The molecule has 0 aromatic carbocycles. The van der Waals surface area contributed by atoms with Crippen molar-refractivity contribution >= 4 is 11.9 Å². The summed E-state index contributed by atoms with van der Waals surface area (Å²) in [5.41, 5.74) is 0.551. The van der Waals surface area contributed by atoms with Crippen LogP contribution in [0.15, 0.2) is 12.5 Å². The zero-order valence-electron chi connectivity index (χ0n) is 10.4. The zero-order chi connectivity index (χ0) is 14.0. The summed E-state index contributed by atoms with van der Waals surface area (Å²) >= 11 is 0. The minimum absolute atomic E-state index is 0.114. The van der Waals surface area contributed by atoms with Crippen molar-refractivity contribution in [3.63, 3.8) is 0 Å². The fraction of sp³-hybridized carbons (Fsp3) is 0.300. The first-order valence-corrected chi connectivity index (χ1v) is 5.38. The highest BCUT2D eigenvalue weighted by Crippen LogP contribution is 2.21. The molecule has 1 amide bonds. The van der Waals surface area contributed by atoms with Gasteiger partial charge >= 0.3 is 5.97 Å². The molecule has 0 bridgehead atoms. The van der Waals surface area contributed by atoms with E-state index in [0.717, 1.165) is 0 Å². The number of aromatic carboxylic acids is 1. The Morgan fingerprint density at radius 3 is 2.74 bits per heavy atom. The SMILES string of the molecule is CNC(=O)Cn1nnc(C(=O)O)c1-c1cncn1C. The van der Waals surface area contributed by atoms with Crippen LogP contribution in [-0.4, -0.2) is 48.6 Å². The van der Waals surface area contributed by atoms with E-state index in [4.69, 9.17) is 5.11 Å². The van der Waals surface area contributed by atoms with E-state index in [2.05, 4.69) is 20.6 Å². The molecule has 9 nitrogen and oxygen atoms in total. The van der Waals surface area contributed by atoms with Gasteiger partial charge in [-0.05, 0) is 0 Å². The van der Waals surface area contributed by atoms with Gasteiger partial charge in [0, 0.05) is 14.1 Å². The molecule has 19 heavy (non-hydrogen) atoms. The number of aromatic nitrogens is 5. The number of carboxylic acids is 1. The van der Waals surface area contributed by atoms with Crippen molar-refractivity contribution in [1.82, 2.24) is 29.9 Å². The number of hydrogen-bond acceptors (Lipinski definition) is 5. The second kappa shape index (κ2) is 4.88. The zero-order valence-corrected chi connectivity index (χ0v) is 10.4. The van der Waals surface area contributed by atoms with Crippen LogP contribution in [0.5, 0.6) is 0 Å². The minimum Gasteiger partial charge on any atom is -0.476 e. The Morgan fingerprint density at radius 2 is 2.21 bits per heavy atom. The number of carbonyl (C=O) groups is 2. The van der Waals surface area contributed by atoms with Crippen LogP contribution in [0, 0.1) is 0 Å². The molecule has 0 spiro atoms. The fourth-order valence-corrected chi connectivity index (χ4v) is 1.62. The van der Waals surface area contributed by atoms with Gasteiger partial charge in [-0.2, -0.15) is 0 Å². The maximum absolute atomic E-state index is 11.4. The summed E-state index contributed by atoms with van der Waals surface area (Å²) < 4.78 is 2.87. The number of rotatable bonds is 4. The summed E-state index contributed by atoms with van der Waals surface area (Å²) in [7, 11) is 3.20. The van der Waals surface area contributed by atoms with Crippen LogP contribution < -0.4 is 5.32 Å². The van der Waals surface area contributed by atoms with E-state index in [1.54, 1.807) is 11.6 Å². The molecule has 0 aliphatic carbocycles. The van der Waals surface area contributed by atoms with Gasteiger partial charge in [0.15, 0.2) is 5.69 Å². The van der Waals surface area contributed by atoms with E-state index < -0.39 is 5.97 Å². The Hall–Kier alpha value is -2.71. The predicted molar refractivity (Wildman–Crippen MR) is 63.3 cm³/mol. The largest absolute Gasteiger partial charge is 0.476 e. The number of nitrogens with zero attached hydrogens (tertiary/aromatic N) is 5. The number of carboxylic acid groups (broad SMARTS) is 1. The molecule has 9 heteroatoms. The summed E-state index contributed by atoms with van der Waals surface area (Å²) in [5, 5.41) is 18.9. The number of amides is 1. The normalized spacial score (nSPS) is 10.4. The number of hydrogen-bond donors (Lipinski definition) is 2. The van der Waals surface area contributed by atoms with Gasteiger partial charge in [-0.25, -0.2) is 14.5 Å². The Morgan fingerprint density at radius 1 is 1.47 bits per heavy atom. The molecule has 2 rings (SSSR count). The van der Waals surface area contributed by atoms with Crippen LogP contribution >= 0.6 is 0 Å². The Bertz CT molecular complexity index is 629. The van der Waals surface area contributed by atoms with Gasteiger partial charge in [-0.1, -0.05) is 5.21 Å². The Labute approximate surface area is 107 Å². The van der Waals surface area contributed by atoms with Crippen LogP contribution in [-0.2, 0) is 18.4 Å². The van der Waals surface area contributed by atoms with Crippen molar-refractivity contribution in [3.8, 4) is 11.4 Å². The third-order valence-electron chi connectivity index (χ3n) is 2.57. The van der Waals surface area contributed by atoms with E-state index in [1.807, 2.05) is 0 Å². The van der Waals surface area contributed by atoms with Gasteiger partial charge in [-0.15, -0.1) is 5.10 Å². The maximum Gasteiger partial charge on any atom is 0.358 e. The molecule has 0 aliphatic rings. The lowest BCUT2D eigenvalue weighted by atomic mass is 10.2. The lowest BCUT2D eigenvalue weighted by molar-refractivity contribution is -0.121.